The van der Waals surface area contributed by atoms with Gasteiger partial charge in [-0.15, -0.1) is 0 Å². The molecule has 2 heterocycles. The Morgan fingerprint density at radius 2 is 2.13 bits per heavy atom. The molecule has 0 aromatic heterocycles. The molecule has 0 aliphatic carbocycles. The van der Waals surface area contributed by atoms with Crippen molar-refractivity contribution < 1.29 is 9.47 Å². The fraction of sp³-hybridized carbons (Fsp3) is 1.00. The summed E-state index contributed by atoms with van der Waals surface area (Å²) in [5.41, 5.74) is 0.0874. The van der Waals surface area contributed by atoms with Gasteiger partial charge in [-0.05, 0) is 40.0 Å². The molecule has 0 amide bonds. The summed E-state index contributed by atoms with van der Waals surface area (Å²) in [6, 6.07) is 0.525. The molecule has 0 spiro atoms. The van der Waals surface area contributed by atoms with Crippen LogP contribution in [0, 0.1) is 0 Å². The van der Waals surface area contributed by atoms with E-state index in [4.69, 9.17) is 9.47 Å². The Morgan fingerprint density at radius 1 is 1.33 bits per heavy atom. The summed E-state index contributed by atoms with van der Waals surface area (Å²) in [4.78, 5) is 0. The minimum atomic E-state index is 0.0874. The lowest BCUT2D eigenvalue weighted by molar-refractivity contribution is -0.0159. The van der Waals surface area contributed by atoms with Crippen molar-refractivity contribution in [1.29, 1.82) is 0 Å². The molecule has 3 nitrogen and oxygen atoms in total. The first-order valence-corrected chi connectivity index (χ1v) is 6.10. The summed E-state index contributed by atoms with van der Waals surface area (Å²) in [6.07, 6.45) is 4.25. The van der Waals surface area contributed by atoms with Gasteiger partial charge in [0.2, 0.25) is 0 Å². The van der Waals surface area contributed by atoms with E-state index in [0.29, 0.717) is 18.2 Å². The SMILES string of the molecule is CC1OCCC1NCC1CCC(C)(C)O1. The van der Waals surface area contributed by atoms with E-state index in [2.05, 4.69) is 26.1 Å². The fourth-order valence-electron chi connectivity index (χ4n) is 2.50. The molecule has 15 heavy (non-hydrogen) atoms. The number of ether oxygens (including phenoxy) is 2. The first-order chi connectivity index (χ1) is 7.07. The summed E-state index contributed by atoms with van der Waals surface area (Å²) >= 11 is 0. The van der Waals surface area contributed by atoms with Crippen LogP contribution in [0.2, 0.25) is 0 Å². The first-order valence-electron chi connectivity index (χ1n) is 6.10. The van der Waals surface area contributed by atoms with E-state index in [-0.39, 0.29) is 5.60 Å². The van der Waals surface area contributed by atoms with Gasteiger partial charge in [0, 0.05) is 19.2 Å². The maximum Gasteiger partial charge on any atom is 0.0707 e. The maximum absolute atomic E-state index is 5.94. The van der Waals surface area contributed by atoms with Crippen LogP contribution in [0.15, 0.2) is 0 Å². The summed E-state index contributed by atoms with van der Waals surface area (Å²) in [7, 11) is 0. The molecule has 0 saturated carbocycles. The van der Waals surface area contributed by atoms with Gasteiger partial charge in [0.1, 0.15) is 0 Å². The standard InChI is InChI=1S/C12H23NO2/c1-9-11(5-7-14-9)13-8-10-4-6-12(2,3)15-10/h9-11,13H,4-8H2,1-3H3. The van der Waals surface area contributed by atoms with E-state index in [1.54, 1.807) is 0 Å². The zero-order valence-corrected chi connectivity index (χ0v) is 10.1. The minimum absolute atomic E-state index is 0.0874. The molecule has 2 fully saturated rings. The molecular formula is C12H23NO2. The number of rotatable bonds is 3. The lowest BCUT2D eigenvalue weighted by atomic mass is 10.1. The molecule has 0 bridgehead atoms. The van der Waals surface area contributed by atoms with Gasteiger partial charge in [-0.2, -0.15) is 0 Å². The third-order valence-corrected chi connectivity index (χ3v) is 3.54. The Labute approximate surface area is 92.5 Å². The molecule has 0 radical (unpaired) electrons. The van der Waals surface area contributed by atoms with Gasteiger partial charge in [-0.3, -0.25) is 0 Å². The van der Waals surface area contributed by atoms with E-state index in [9.17, 15) is 0 Å². The molecule has 2 aliphatic rings. The molecule has 3 unspecified atom stereocenters. The van der Waals surface area contributed by atoms with Crippen LogP contribution in [0.4, 0.5) is 0 Å². The van der Waals surface area contributed by atoms with Crippen LogP contribution in [-0.2, 0) is 9.47 Å². The van der Waals surface area contributed by atoms with Crippen molar-refractivity contribution in [3.05, 3.63) is 0 Å². The molecule has 1 N–H and O–H groups in total. The van der Waals surface area contributed by atoms with E-state index in [0.717, 1.165) is 19.6 Å². The summed E-state index contributed by atoms with van der Waals surface area (Å²) in [6.45, 7) is 8.37. The van der Waals surface area contributed by atoms with Crippen LogP contribution in [0.3, 0.4) is 0 Å². The van der Waals surface area contributed by atoms with Crippen molar-refractivity contribution in [2.45, 2.75) is 63.9 Å². The smallest absolute Gasteiger partial charge is 0.0707 e. The molecule has 3 heteroatoms. The first kappa shape index (κ1) is 11.4. The zero-order chi connectivity index (χ0) is 10.9. The van der Waals surface area contributed by atoms with Crippen molar-refractivity contribution in [3.63, 3.8) is 0 Å². The highest BCUT2D eigenvalue weighted by Crippen LogP contribution is 2.29. The van der Waals surface area contributed by atoms with Crippen LogP contribution in [0.25, 0.3) is 0 Å². The van der Waals surface area contributed by atoms with Gasteiger partial charge in [0.25, 0.3) is 0 Å². The van der Waals surface area contributed by atoms with Gasteiger partial charge >= 0.3 is 0 Å². The average molecular weight is 213 g/mol. The molecule has 3 atom stereocenters. The van der Waals surface area contributed by atoms with Crippen molar-refractivity contribution in [2.75, 3.05) is 13.2 Å². The molecule has 0 aromatic rings. The molecule has 88 valence electrons. The molecule has 0 aromatic carbocycles. The zero-order valence-electron chi connectivity index (χ0n) is 10.1. The largest absolute Gasteiger partial charge is 0.377 e. The Balaban J connectivity index is 1.70. The van der Waals surface area contributed by atoms with Crippen LogP contribution in [0.5, 0.6) is 0 Å². The van der Waals surface area contributed by atoms with E-state index < -0.39 is 0 Å². The molecule has 2 aliphatic heterocycles. The summed E-state index contributed by atoms with van der Waals surface area (Å²) < 4.78 is 11.5. The van der Waals surface area contributed by atoms with E-state index in [1.165, 1.54) is 12.8 Å². The quantitative estimate of drug-likeness (QED) is 0.774. The highest BCUT2D eigenvalue weighted by molar-refractivity contribution is 4.85. The number of nitrogens with one attached hydrogen (secondary N) is 1. The topological polar surface area (TPSA) is 30.5 Å². The lowest BCUT2D eigenvalue weighted by Gasteiger charge is -2.22. The predicted molar refractivity (Wildman–Crippen MR) is 60.0 cm³/mol. The number of hydrogen-bond acceptors (Lipinski definition) is 3. The van der Waals surface area contributed by atoms with Crippen LogP contribution < -0.4 is 5.32 Å². The van der Waals surface area contributed by atoms with Gasteiger partial charge in [0.05, 0.1) is 17.8 Å². The highest BCUT2D eigenvalue weighted by Gasteiger charge is 2.32. The van der Waals surface area contributed by atoms with Crippen molar-refractivity contribution in [2.24, 2.45) is 0 Å². The highest BCUT2D eigenvalue weighted by atomic mass is 16.5. The average Bonchev–Trinajstić information content (AvgIpc) is 2.69. The Morgan fingerprint density at radius 3 is 2.67 bits per heavy atom. The van der Waals surface area contributed by atoms with Gasteiger partial charge in [0.15, 0.2) is 0 Å². The maximum atomic E-state index is 5.94. The van der Waals surface area contributed by atoms with Crippen molar-refractivity contribution >= 4 is 0 Å². The number of hydrogen-bond donors (Lipinski definition) is 1. The van der Waals surface area contributed by atoms with E-state index in [1.807, 2.05) is 0 Å². The van der Waals surface area contributed by atoms with Crippen molar-refractivity contribution in [1.82, 2.24) is 5.32 Å². The van der Waals surface area contributed by atoms with Gasteiger partial charge < -0.3 is 14.8 Å². The Hall–Kier alpha value is -0.120. The lowest BCUT2D eigenvalue weighted by Crippen LogP contribution is -2.40. The third kappa shape index (κ3) is 2.92. The fourth-order valence-corrected chi connectivity index (χ4v) is 2.50. The Kier molecular flexibility index (Phi) is 3.33. The molecule has 2 saturated heterocycles. The van der Waals surface area contributed by atoms with Crippen LogP contribution in [0.1, 0.15) is 40.0 Å². The monoisotopic (exact) mass is 213 g/mol. The summed E-state index contributed by atoms with van der Waals surface area (Å²) in [5, 5.41) is 3.56. The second-order valence-electron chi connectivity index (χ2n) is 5.42. The van der Waals surface area contributed by atoms with Gasteiger partial charge in [-0.25, -0.2) is 0 Å². The third-order valence-electron chi connectivity index (χ3n) is 3.54. The van der Waals surface area contributed by atoms with Crippen LogP contribution >= 0.6 is 0 Å². The summed E-state index contributed by atoms with van der Waals surface area (Å²) in [5.74, 6) is 0. The second-order valence-corrected chi connectivity index (χ2v) is 5.42. The Bertz CT molecular complexity index is 218. The van der Waals surface area contributed by atoms with Crippen LogP contribution in [-0.4, -0.2) is 37.0 Å². The second kappa shape index (κ2) is 4.40. The predicted octanol–water partition coefficient (Wildman–Crippen LogP) is 1.71. The van der Waals surface area contributed by atoms with Gasteiger partial charge in [-0.1, -0.05) is 0 Å². The van der Waals surface area contributed by atoms with E-state index >= 15 is 0 Å². The molecule has 2 rings (SSSR count). The normalized spacial score (nSPS) is 39.8. The molecular weight excluding hydrogens is 190 g/mol. The van der Waals surface area contributed by atoms with Crippen molar-refractivity contribution in [3.8, 4) is 0 Å². The minimum Gasteiger partial charge on any atom is -0.377 e.